The zero-order valence-corrected chi connectivity index (χ0v) is 12.8. The summed E-state index contributed by atoms with van der Waals surface area (Å²) in [6.07, 6.45) is 0.622. The first-order valence-electron chi connectivity index (χ1n) is 7.19. The summed E-state index contributed by atoms with van der Waals surface area (Å²) in [4.78, 5) is 25.4. The fourth-order valence-corrected chi connectivity index (χ4v) is 2.57. The number of nitrogens with two attached hydrogens (primary N) is 1. The van der Waals surface area contributed by atoms with Gasteiger partial charge in [-0.1, -0.05) is 32.9 Å². The van der Waals surface area contributed by atoms with Gasteiger partial charge in [-0.25, -0.2) is 5.84 Å². The van der Waals surface area contributed by atoms with Gasteiger partial charge in [0.25, 0.3) is 5.91 Å². The van der Waals surface area contributed by atoms with Crippen LogP contribution in [-0.2, 0) is 11.3 Å². The first-order valence-corrected chi connectivity index (χ1v) is 7.19. The number of hydrogen-bond acceptors (Lipinski definition) is 3. The normalized spacial score (nSPS) is 19.0. The average molecular weight is 289 g/mol. The van der Waals surface area contributed by atoms with Crippen molar-refractivity contribution in [1.29, 1.82) is 0 Å². The maximum absolute atomic E-state index is 12.1. The Bertz CT molecular complexity index is 531. The highest BCUT2D eigenvalue weighted by atomic mass is 16.2. The Kier molecular flexibility index (Phi) is 4.32. The van der Waals surface area contributed by atoms with E-state index in [4.69, 9.17) is 5.84 Å². The van der Waals surface area contributed by atoms with Gasteiger partial charge >= 0.3 is 0 Å². The third kappa shape index (κ3) is 3.61. The number of benzene rings is 1. The van der Waals surface area contributed by atoms with Gasteiger partial charge in [0.2, 0.25) is 5.91 Å². The molecule has 1 unspecified atom stereocenters. The molecule has 0 aliphatic carbocycles. The van der Waals surface area contributed by atoms with Crippen molar-refractivity contribution in [2.24, 2.45) is 17.2 Å². The largest absolute Gasteiger partial charge is 0.338 e. The molecule has 1 aromatic carbocycles. The van der Waals surface area contributed by atoms with Gasteiger partial charge in [-0.2, -0.15) is 0 Å². The van der Waals surface area contributed by atoms with Crippen LogP contribution in [0.15, 0.2) is 24.3 Å². The van der Waals surface area contributed by atoms with Crippen molar-refractivity contribution in [1.82, 2.24) is 10.3 Å². The van der Waals surface area contributed by atoms with E-state index in [9.17, 15) is 9.59 Å². The maximum atomic E-state index is 12.1. The lowest BCUT2D eigenvalue weighted by atomic mass is 9.80. The highest BCUT2D eigenvalue weighted by Crippen LogP contribution is 2.34. The van der Waals surface area contributed by atoms with Crippen molar-refractivity contribution in [2.75, 3.05) is 6.54 Å². The van der Waals surface area contributed by atoms with E-state index in [0.29, 0.717) is 24.4 Å². The van der Waals surface area contributed by atoms with Crippen LogP contribution >= 0.6 is 0 Å². The number of hydrogen-bond donors (Lipinski definition) is 2. The quantitative estimate of drug-likeness (QED) is 0.505. The lowest BCUT2D eigenvalue weighted by Crippen LogP contribution is -2.30. The van der Waals surface area contributed by atoms with Gasteiger partial charge in [0, 0.05) is 25.1 Å². The molecule has 114 valence electrons. The van der Waals surface area contributed by atoms with E-state index in [2.05, 4.69) is 26.2 Å². The summed E-state index contributed by atoms with van der Waals surface area (Å²) < 4.78 is 0. The highest BCUT2D eigenvalue weighted by molar-refractivity contribution is 5.93. The summed E-state index contributed by atoms with van der Waals surface area (Å²) in [7, 11) is 0. The molecule has 1 aliphatic rings. The van der Waals surface area contributed by atoms with Crippen molar-refractivity contribution >= 4 is 11.8 Å². The van der Waals surface area contributed by atoms with Gasteiger partial charge in [-0.05, 0) is 29.0 Å². The number of nitrogens with zero attached hydrogens (tertiary/aromatic N) is 1. The molecular formula is C16H23N3O2. The first-order chi connectivity index (χ1) is 9.81. The molecule has 1 saturated heterocycles. The Hall–Kier alpha value is -1.88. The number of carbonyl (C=O) groups excluding carboxylic acids is 2. The van der Waals surface area contributed by atoms with Gasteiger partial charge in [0.1, 0.15) is 0 Å². The van der Waals surface area contributed by atoms with E-state index in [1.807, 2.05) is 17.0 Å². The van der Waals surface area contributed by atoms with Crippen LogP contribution in [0, 0.1) is 11.3 Å². The number of carbonyl (C=O) groups is 2. The number of nitrogens with one attached hydrogen (secondary N) is 1. The average Bonchev–Trinajstić information content (AvgIpc) is 2.80. The van der Waals surface area contributed by atoms with Crippen molar-refractivity contribution in [3.63, 3.8) is 0 Å². The van der Waals surface area contributed by atoms with Crippen LogP contribution < -0.4 is 11.3 Å². The van der Waals surface area contributed by atoms with E-state index < -0.39 is 0 Å². The minimum absolute atomic E-state index is 0.146. The summed E-state index contributed by atoms with van der Waals surface area (Å²) in [6, 6.07) is 7.17. The summed E-state index contributed by atoms with van der Waals surface area (Å²) in [5.41, 5.74) is 3.78. The summed E-state index contributed by atoms with van der Waals surface area (Å²) in [5, 5.41) is 0. The van der Waals surface area contributed by atoms with Gasteiger partial charge in [-0.15, -0.1) is 0 Å². The van der Waals surface area contributed by atoms with Crippen LogP contribution in [-0.4, -0.2) is 23.3 Å². The SMILES string of the molecule is CC(C)(C)C1CC(=O)N(Cc2ccc(C(=O)NN)cc2)C1. The third-order valence-corrected chi connectivity index (χ3v) is 4.16. The summed E-state index contributed by atoms with van der Waals surface area (Å²) >= 11 is 0. The van der Waals surface area contributed by atoms with Crippen molar-refractivity contribution in [2.45, 2.75) is 33.7 Å². The number of amides is 2. The monoisotopic (exact) mass is 289 g/mol. The molecule has 1 heterocycles. The molecule has 5 heteroatoms. The van der Waals surface area contributed by atoms with Gasteiger partial charge in [-0.3, -0.25) is 15.0 Å². The minimum atomic E-state index is -0.313. The summed E-state index contributed by atoms with van der Waals surface area (Å²) in [5.74, 6) is 5.39. The molecule has 5 nitrogen and oxygen atoms in total. The molecule has 1 aliphatic heterocycles. The van der Waals surface area contributed by atoms with Gasteiger partial charge in [0.05, 0.1) is 0 Å². The van der Waals surface area contributed by atoms with E-state index in [1.165, 1.54) is 0 Å². The zero-order chi connectivity index (χ0) is 15.6. The molecule has 3 N–H and O–H groups in total. The zero-order valence-electron chi connectivity index (χ0n) is 12.8. The topological polar surface area (TPSA) is 75.4 Å². The second kappa shape index (κ2) is 5.85. The van der Waals surface area contributed by atoms with Crippen LogP contribution in [0.3, 0.4) is 0 Å². The molecule has 0 saturated carbocycles. The lowest BCUT2D eigenvalue weighted by molar-refractivity contribution is -0.128. The van der Waals surface area contributed by atoms with Crippen LogP contribution in [0.1, 0.15) is 43.1 Å². The smallest absolute Gasteiger partial charge is 0.265 e. The van der Waals surface area contributed by atoms with E-state index in [-0.39, 0.29) is 17.2 Å². The van der Waals surface area contributed by atoms with Crippen molar-refractivity contribution < 1.29 is 9.59 Å². The third-order valence-electron chi connectivity index (χ3n) is 4.16. The molecule has 0 radical (unpaired) electrons. The second-order valence-electron chi connectivity index (χ2n) is 6.71. The molecule has 1 atom stereocenters. The molecular weight excluding hydrogens is 266 g/mol. The number of nitrogen functional groups attached to an aromatic ring is 1. The first kappa shape index (κ1) is 15.5. The highest BCUT2D eigenvalue weighted by Gasteiger charge is 2.36. The van der Waals surface area contributed by atoms with Crippen LogP contribution in [0.2, 0.25) is 0 Å². The summed E-state index contributed by atoms with van der Waals surface area (Å²) in [6.45, 7) is 7.92. The Balaban J connectivity index is 2.02. The molecule has 21 heavy (non-hydrogen) atoms. The molecule has 0 aromatic heterocycles. The number of rotatable bonds is 3. The van der Waals surface area contributed by atoms with E-state index in [1.54, 1.807) is 12.1 Å². The maximum Gasteiger partial charge on any atom is 0.265 e. The Morgan fingerprint density at radius 2 is 1.95 bits per heavy atom. The standard InChI is InChI=1S/C16H23N3O2/c1-16(2,3)13-8-14(20)19(10-13)9-11-4-6-12(7-5-11)15(21)18-17/h4-7,13H,8-10,17H2,1-3H3,(H,18,21). The Labute approximate surface area is 125 Å². The van der Waals surface area contributed by atoms with Crippen LogP contribution in [0.4, 0.5) is 0 Å². The fraction of sp³-hybridized carbons (Fsp3) is 0.500. The van der Waals surface area contributed by atoms with Gasteiger partial charge < -0.3 is 4.90 Å². The van der Waals surface area contributed by atoms with Crippen LogP contribution in [0.5, 0.6) is 0 Å². The molecule has 2 rings (SSSR count). The second-order valence-corrected chi connectivity index (χ2v) is 6.71. The predicted octanol–water partition coefficient (Wildman–Crippen LogP) is 1.68. The Morgan fingerprint density at radius 1 is 1.33 bits per heavy atom. The van der Waals surface area contributed by atoms with Crippen LogP contribution in [0.25, 0.3) is 0 Å². The van der Waals surface area contributed by atoms with Crippen molar-refractivity contribution in [3.8, 4) is 0 Å². The number of hydrazine groups is 1. The Morgan fingerprint density at radius 3 is 2.43 bits per heavy atom. The van der Waals surface area contributed by atoms with E-state index >= 15 is 0 Å². The fourth-order valence-electron chi connectivity index (χ4n) is 2.57. The number of likely N-dealkylation sites (tertiary alicyclic amines) is 1. The van der Waals surface area contributed by atoms with Gasteiger partial charge in [0.15, 0.2) is 0 Å². The van der Waals surface area contributed by atoms with E-state index in [0.717, 1.165) is 12.1 Å². The molecule has 1 aromatic rings. The lowest BCUT2D eigenvalue weighted by Gasteiger charge is -2.26. The molecule has 2 amide bonds. The predicted molar refractivity (Wildman–Crippen MR) is 81.1 cm³/mol. The molecule has 1 fully saturated rings. The van der Waals surface area contributed by atoms with Crippen molar-refractivity contribution in [3.05, 3.63) is 35.4 Å². The molecule has 0 spiro atoms. The molecule has 0 bridgehead atoms. The minimum Gasteiger partial charge on any atom is -0.338 e.